The number of benzene rings is 1. The number of hydrogen-bond acceptors (Lipinski definition) is 5. The van der Waals surface area contributed by atoms with Gasteiger partial charge in [0.15, 0.2) is 0 Å². The summed E-state index contributed by atoms with van der Waals surface area (Å²) in [5.41, 5.74) is 2.67. The van der Waals surface area contributed by atoms with Gasteiger partial charge in [0, 0.05) is 41.7 Å². The molecule has 0 atom stereocenters. The number of rotatable bonds is 5. The predicted octanol–water partition coefficient (Wildman–Crippen LogP) is 4.28. The number of hydrogen-bond donors (Lipinski definition) is 2. The van der Waals surface area contributed by atoms with E-state index in [9.17, 15) is 9.18 Å². The van der Waals surface area contributed by atoms with E-state index in [0.717, 1.165) is 30.0 Å². The molecule has 166 valence electrons. The Kier molecular flexibility index (Phi) is 5.21. The van der Waals surface area contributed by atoms with Gasteiger partial charge in [0.25, 0.3) is 5.91 Å². The highest BCUT2D eigenvalue weighted by Gasteiger charge is 2.38. The average Bonchev–Trinajstić information content (AvgIpc) is 3.45. The van der Waals surface area contributed by atoms with Gasteiger partial charge in [-0.1, -0.05) is 0 Å². The zero-order valence-corrected chi connectivity index (χ0v) is 18.4. The predicted molar refractivity (Wildman–Crippen MR) is 123 cm³/mol. The molecule has 0 aliphatic carbocycles. The Morgan fingerprint density at radius 3 is 2.78 bits per heavy atom. The monoisotopic (exact) mass is 434 g/mol. The largest absolute Gasteiger partial charge is 0.482 e. The lowest BCUT2D eigenvalue weighted by Gasteiger charge is -2.23. The number of carbonyl (C=O) groups is 1. The quantitative estimate of drug-likeness (QED) is 0.688. The molecule has 3 aliphatic rings. The van der Waals surface area contributed by atoms with Gasteiger partial charge in [-0.05, 0) is 76.2 Å². The van der Waals surface area contributed by atoms with Gasteiger partial charge in [-0.25, -0.2) is 9.37 Å². The highest BCUT2D eigenvalue weighted by Crippen LogP contribution is 2.44. The number of fused-ring (bicyclic) bond motifs is 1. The molecule has 7 heteroatoms. The van der Waals surface area contributed by atoms with Crippen LogP contribution in [0.4, 0.5) is 15.9 Å². The Bertz CT molecular complexity index is 1120. The molecule has 4 heterocycles. The normalized spacial score (nSPS) is 21.8. The summed E-state index contributed by atoms with van der Waals surface area (Å²) in [5, 5.41) is 6.17. The lowest BCUT2D eigenvalue weighted by Crippen LogP contribution is -2.26. The first kappa shape index (κ1) is 20.7. The standard InChI is InChI=1S/C25H27FN4O2/c1-25(2)19(16-5-8-22(28-15-16)27-9-12-30-10-3-4-11-30)14-21(32-25)23-18-13-17(26)6-7-20(18)29-24(23)31/h5-8,13-15H,3-4,9-12H2,1-2H3,(H,27,28)(H,29,31). The van der Waals surface area contributed by atoms with Gasteiger partial charge in [0.1, 0.15) is 23.0 Å². The van der Waals surface area contributed by atoms with Crippen LogP contribution in [0.1, 0.15) is 37.8 Å². The van der Waals surface area contributed by atoms with Crippen molar-refractivity contribution >= 4 is 28.6 Å². The number of ether oxygens (including phenoxy) is 1. The topological polar surface area (TPSA) is 66.5 Å². The Morgan fingerprint density at radius 2 is 2.03 bits per heavy atom. The van der Waals surface area contributed by atoms with E-state index in [2.05, 4.69) is 20.5 Å². The fourth-order valence-electron chi connectivity index (χ4n) is 4.61. The Labute approximate surface area is 187 Å². The first-order valence-corrected chi connectivity index (χ1v) is 11.1. The third-order valence-corrected chi connectivity index (χ3v) is 6.27. The van der Waals surface area contributed by atoms with Crippen molar-refractivity contribution in [2.24, 2.45) is 0 Å². The maximum atomic E-state index is 13.8. The number of halogens is 1. The molecule has 2 N–H and O–H groups in total. The number of amides is 1. The van der Waals surface area contributed by atoms with E-state index in [1.165, 1.54) is 38.1 Å². The fourth-order valence-corrected chi connectivity index (χ4v) is 4.61. The fraction of sp³-hybridized carbons (Fsp3) is 0.360. The molecule has 0 saturated carbocycles. The van der Waals surface area contributed by atoms with E-state index in [1.807, 2.05) is 38.3 Å². The molecule has 1 amide bonds. The minimum Gasteiger partial charge on any atom is -0.482 e. The van der Waals surface area contributed by atoms with Gasteiger partial charge in [0.05, 0.1) is 5.57 Å². The zero-order valence-electron chi connectivity index (χ0n) is 18.4. The summed E-state index contributed by atoms with van der Waals surface area (Å²) in [6.07, 6.45) is 6.28. The van der Waals surface area contributed by atoms with E-state index < -0.39 is 11.4 Å². The second kappa shape index (κ2) is 8.06. The minimum absolute atomic E-state index is 0.287. The molecule has 1 aromatic heterocycles. The third kappa shape index (κ3) is 3.88. The smallest absolute Gasteiger partial charge is 0.260 e. The number of pyridine rings is 1. The summed E-state index contributed by atoms with van der Waals surface area (Å²) < 4.78 is 20.0. The molecule has 0 bridgehead atoms. The molecule has 32 heavy (non-hydrogen) atoms. The van der Waals surface area contributed by atoms with E-state index in [-0.39, 0.29) is 5.91 Å². The first-order chi connectivity index (χ1) is 15.4. The molecular formula is C25H27FN4O2. The lowest BCUT2D eigenvalue weighted by atomic mass is 9.93. The van der Waals surface area contributed by atoms with E-state index in [1.54, 1.807) is 6.07 Å². The molecule has 1 fully saturated rings. The van der Waals surface area contributed by atoms with Crippen LogP contribution < -0.4 is 10.6 Å². The second-order valence-corrected chi connectivity index (χ2v) is 8.96. The van der Waals surface area contributed by atoms with Crippen molar-refractivity contribution in [1.29, 1.82) is 0 Å². The van der Waals surface area contributed by atoms with Crippen LogP contribution in [0, 0.1) is 5.82 Å². The lowest BCUT2D eigenvalue weighted by molar-refractivity contribution is -0.111. The van der Waals surface area contributed by atoms with Crippen molar-refractivity contribution in [2.45, 2.75) is 32.3 Å². The SMILES string of the molecule is CC1(C)OC(=C2C(=O)Nc3ccc(F)cc32)C=C1c1ccc(NCCN2CCCC2)nc1. The molecule has 5 rings (SSSR count). The molecule has 0 spiro atoms. The van der Waals surface area contributed by atoms with E-state index in [4.69, 9.17) is 4.74 Å². The third-order valence-electron chi connectivity index (χ3n) is 6.27. The Hall–Kier alpha value is -3.19. The van der Waals surface area contributed by atoms with E-state index >= 15 is 0 Å². The Balaban J connectivity index is 1.38. The average molecular weight is 435 g/mol. The van der Waals surface area contributed by atoms with Crippen LogP contribution in [0.5, 0.6) is 0 Å². The van der Waals surface area contributed by atoms with Crippen LogP contribution in [-0.4, -0.2) is 47.6 Å². The molecule has 0 unspecified atom stereocenters. The molecule has 1 saturated heterocycles. The second-order valence-electron chi connectivity index (χ2n) is 8.96. The van der Waals surface area contributed by atoms with Crippen LogP contribution in [0.15, 0.2) is 48.4 Å². The van der Waals surface area contributed by atoms with Crippen molar-refractivity contribution in [3.05, 3.63) is 65.3 Å². The molecule has 6 nitrogen and oxygen atoms in total. The van der Waals surface area contributed by atoms with Gasteiger partial charge in [0.2, 0.25) is 0 Å². The van der Waals surface area contributed by atoms with Crippen LogP contribution in [0.3, 0.4) is 0 Å². The van der Waals surface area contributed by atoms with Gasteiger partial charge in [-0.2, -0.15) is 0 Å². The van der Waals surface area contributed by atoms with Crippen LogP contribution >= 0.6 is 0 Å². The van der Waals surface area contributed by atoms with Crippen LogP contribution in [-0.2, 0) is 9.53 Å². The summed E-state index contributed by atoms with van der Waals surface area (Å²) in [6, 6.07) is 8.24. The Morgan fingerprint density at radius 1 is 1.22 bits per heavy atom. The molecule has 2 aromatic rings. The number of likely N-dealkylation sites (tertiary alicyclic amines) is 1. The van der Waals surface area contributed by atoms with Crippen molar-refractivity contribution in [1.82, 2.24) is 9.88 Å². The van der Waals surface area contributed by atoms with Crippen molar-refractivity contribution < 1.29 is 13.9 Å². The first-order valence-electron chi connectivity index (χ1n) is 11.1. The van der Waals surface area contributed by atoms with Gasteiger partial charge in [-0.15, -0.1) is 0 Å². The number of nitrogens with one attached hydrogen (secondary N) is 2. The van der Waals surface area contributed by atoms with Gasteiger partial charge < -0.3 is 20.3 Å². The van der Waals surface area contributed by atoms with Crippen molar-refractivity contribution in [2.75, 3.05) is 36.8 Å². The summed E-state index contributed by atoms with van der Waals surface area (Å²) in [5.74, 6) is 0.601. The van der Waals surface area contributed by atoms with Crippen molar-refractivity contribution in [3.63, 3.8) is 0 Å². The molecule has 1 aromatic carbocycles. The summed E-state index contributed by atoms with van der Waals surface area (Å²) in [7, 11) is 0. The van der Waals surface area contributed by atoms with Crippen LogP contribution in [0.25, 0.3) is 11.1 Å². The van der Waals surface area contributed by atoms with Gasteiger partial charge >= 0.3 is 0 Å². The summed E-state index contributed by atoms with van der Waals surface area (Å²) in [6.45, 7) is 8.16. The molecule has 0 radical (unpaired) electrons. The van der Waals surface area contributed by atoms with E-state index in [0.29, 0.717) is 22.6 Å². The highest BCUT2D eigenvalue weighted by atomic mass is 19.1. The van der Waals surface area contributed by atoms with Crippen molar-refractivity contribution in [3.8, 4) is 0 Å². The summed E-state index contributed by atoms with van der Waals surface area (Å²) >= 11 is 0. The number of aromatic nitrogens is 1. The highest BCUT2D eigenvalue weighted by molar-refractivity contribution is 6.32. The molecular weight excluding hydrogens is 407 g/mol. The number of anilines is 2. The number of nitrogens with zero attached hydrogens (tertiary/aromatic N) is 2. The zero-order chi connectivity index (χ0) is 22.3. The maximum Gasteiger partial charge on any atom is 0.260 e. The summed E-state index contributed by atoms with van der Waals surface area (Å²) in [4.78, 5) is 19.6. The van der Waals surface area contributed by atoms with Gasteiger partial charge in [-0.3, -0.25) is 4.79 Å². The molecule has 3 aliphatic heterocycles. The number of carbonyl (C=O) groups excluding carboxylic acids is 1. The minimum atomic E-state index is -0.648. The maximum absolute atomic E-state index is 13.8. The van der Waals surface area contributed by atoms with Crippen LogP contribution in [0.2, 0.25) is 0 Å². The number of allylic oxidation sites excluding steroid dienone is 1.